The zero-order chi connectivity index (χ0) is 24.9. The number of amides is 1. The van der Waals surface area contributed by atoms with Crippen molar-refractivity contribution in [3.63, 3.8) is 0 Å². The molecular formula is C28H35N3O4. The van der Waals surface area contributed by atoms with Crippen LogP contribution in [0.3, 0.4) is 0 Å². The summed E-state index contributed by atoms with van der Waals surface area (Å²) in [6.45, 7) is 7.93. The molecule has 0 spiro atoms. The first-order valence-electron chi connectivity index (χ1n) is 12.4. The predicted molar refractivity (Wildman–Crippen MR) is 135 cm³/mol. The molecule has 1 amide bonds. The number of benzene rings is 2. The molecule has 0 radical (unpaired) electrons. The van der Waals surface area contributed by atoms with Gasteiger partial charge < -0.3 is 9.47 Å². The first-order chi connectivity index (χ1) is 16.9. The molecule has 2 atom stereocenters. The number of piperidine rings is 1. The zero-order valence-electron chi connectivity index (χ0n) is 21.1. The first-order valence-corrected chi connectivity index (χ1v) is 12.4. The fourth-order valence-electron chi connectivity index (χ4n) is 5.06. The number of carbonyl (C=O) groups excluding carboxylic acids is 2. The fraction of sp³-hybridized carbons (Fsp3) is 0.464. The van der Waals surface area contributed by atoms with E-state index < -0.39 is 0 Å². The largest absolute Gasteiger partial charge is 0.497 e. The van der Waals surface area contributed by atoms with Crippen LogP contribution in [0.15, 0.2) is 47.6 Å². The number of hydrazone groups is 1. The highest BCUT2D eigenvalue weighted by Crippen LogP contribution is 2.35. The normalized spacial score (nSPS) is 20.5. The number of nitrogens with zero attached hydrogens (tertiary/aromatic N) is 3. The maximum Gasteiger partial charge on any atom is 0.310 e. The second-order valence-corrected chi connectivity index (χ2v) is 9.42. The predicted octanol–water partition coefficient (Wildman–Crippen LogP) is 4.26. The Morgan fingerprint density at radius 2 is 1.89 bits per heavy atom. The zero-order valence-corrected chi connectivity index (χ0v) is 21.1. The standard InChI is InChI=1S/C28H35N3O4/c1-5-35-28(33)22-7-6-14-30(17-22)18-27(32)31-26(24-13-8-19(2)15-20(24)3)16-25(29-31)21-9-11-23(34-4)12-10-21/h8-13,15,22,26H,5-7,14,16-18H2,1-4H3/t22-,26+/m1/s1. The van der Waals surface area contributed by atoms with Crippen molar-refractivity contribution >= 4 is 17.6 Å². The van der Waals surface area contributed by atoms with E-state index >= 15 is 0 Å². The summed E-state index contributed by atoms with van der Waals surface area (Å²) in [6, 6.07) is 14.0. The Kier molecular flexibility index (Phi) is 7.86. The Hall–Kier alpha value is -3.19. The SMILES string of the molecule is CCOC(=O)[C@@H]1CCCN(CC(=O)N2N=C(c3ccc(OC)cc3)C[C@H]2c2ccc(C)cc2C)C1. The van der Waals surface area contributed by atoms with Crippen molar-refractivity contribution in [1.29, 1.82) is 0 Å². The smallest absolute Gasteiger partial charge is 0.310 e. The van der Waals surface area contributed by atoms with Gasteiger partial charge in [0.1, 0.15) is 5.75 Å². The van der Waals surface area contributed by atoms with Crippen LogP contribution in [0.4, 0.5) is 0 Å². The Morgan fingerprint density at radius 3 is 2.57 bits per heavy atom. The minimum atomic E-state index is -0.177. The molecule has 0 aliphatic carbocycles. The average molecular weight is 478 g/mol. The highest BCUT2D eigenvalue weighted by atomic mass is 16.5. The van der Waals surface area contributed by atoms with E-state index in [9.17, 15) is 9.59 Å². The summed E-state index contributed by atoms with van der Waals surface area (Å²) in [5, 5.41) is 6.48. The summed E-state index contributed by atoms with van der Waals surface area (Å²) < 4.78 is 10.5. The fourth-order valence-corrected chi connectivity index (χ4v) is 5.06. The molecule has 1 saturated heterocycles. The lowest BCUT2D eigenvalue weighted by Crippen LogP contribution is -2.44. The van der Waals surface area contributed by atoms with Crippen molar-refractivity contribution in [3.05, 3.63) is 64.7 Å². The van der Waals surface area contributed by atoms with Gasteiger partial charge in [0, 0.05) is 13.0 Å². The summed E-state index contributed by atoms with van der Waals surface area (Å²) in [4.78, 5) is 27.9. The van der Waals surface area contributed by atoms with E-state index in [1.807, 2.05) is 31.2 Å². The molecule has 7 nitrogen and oxygen atoms in total. The highest BCUT2D eigenvalue weighted by molar-refractivity contribution is 6.03. The van der Waals surface area contributed by atoms with Gasteiger partial charge in [-0.3, -0.25) is 14.5 Å². The molecule has 0 unspecified atom stereocenters. The Balaban J connectivity index is 1.56. The van der Waals surface area contributed by atoms with E-state index in [-0.39, 0.29) is 30.4 Å². The average Bonchev–Trinajstić information content (AvgIpc) is 3.30. The number of esters is 1. The lowest BCUT2D eigenvalue weighted by molar-refractivity contribution is -0.150. The van der Waals surface area contributed by atoms with Gasteiger partial charge in [-0.2, -0.15) is 5.10 Å². The number of rotatable bonds is 7. The van der Waals surface area contributed by atoms with Crippen LogP contribution in [0, 0.1) is 19.8 Å². The molecule has 2 aliphatic heterocycles. The van der Waals surface area contributed by atoms with Gasteiger partial charge in [0.05, 0.1) is 37.9 Å². The molecule has 7 heteroatoms. The number of ether oxygens (including phenoxy) is 2. The number of hydrogen-bond donors (Lipinski definition) is 0. The molecule has 2 heterocycles. The summed E-state index contributed by atoms with van der Waals surface area (Å²) in [5.74, 6) is 0.387. The summed E-state index contributed by atoms with van der Waals surface area (Å²) >= 11 is 0. The second-order valence-electron chi connectivity index (χ2n) is 9.42. The van der Waals surface area contributed by atoms with Crippen molar-refractivity contribution in [3.8, 4) is 5.75 Å². The van der Waals surface area contributed by atoms with Crippen LogP contribution in [0.5, 0.6) is 5.75 Å². The molecular weight excluding hydrogens is 442 g/mol. The van der Waals surface area contributed by atoms with Crippen molar-refractivity contribution in [2.24, 2.45) is 11.0 Å². The molecule has 0 N–H and O–H groups in total. The van der Waals surface area contributed by atoms with Crippen molar-refractivity contribution in [2.45, 2.75) is 46.1 Å². The van der Waals surface area contributed by atoms with Crippen LogP contribution in [-0.2, 0) is 14.3 Å². The van der Waals surface area contributed by atoms with Crippen LogP contribution in [0.2, 0.25) is 0 Å². The van der Waals surface area contributed by atoms with Gasteiger partial charge >= 0.3 is 5.97 Å². The van der Waals surface area contributed by atoms with E-state index in [2.05, 4.69) is 36.9 Å². The van der Waals surface area contributed by atoms with E-state index in [1.165, 1.54) is 5.56 Å². The molecule has 186 valence electrons. The quantitative estimate of drug-likeness (QED) is 0.557. The molecule has 2 aromatic carbocycles. The minimum Gasteiger partial charge on any atom is -0.497 e. The highest BCUT2D eigenvalue weighted by Gasteiger charge is 2.36. The van der Waals surface area contributed by atoms with Crippen molar-refractivity contribution < 1.29 is 19.1 Å². The molecule has 1 fully saturated rings. The number of aryl methyl sites for hydroxylation is 2. The number of hydrogen-bond acceptors (Lipinski definition) is 6. The van der Waals surface area contributed by atoms with Crippen LogP contribution in [0.25, 0.3) is 0 Å². The number of likely N-dealkylation sites (tertiary alicyclic amines) is 1. The summed E-state index contributed by atoms with van der Waals surface area (Å²) in [6.07, 6.45) is 2.32. The van der Waals surface area contributed by atoms with Gasteiger partial charge in [0.25, 0.3) is 5.91 Å². The van der Waals surface area contributed by atoms with Gasteiger partial charge in [0.2, 0.25) is 0 Å². The van der Waals surface area contributed by atoms with Crippen LogP contribution >= 0.6 is 0 Å². The van der Waals surface area contributed by atoms with E-state index in [0.29, 0.717) is 19.6 Å². The van der Waals surface area contributed by atoms with E-state index in [4.69, 9.17) is 14.6 Å². The molecule has 0 aromatic heterocycles. The first kappa shape index (κ1) is 24.9. The van der Waals surface area contributed by atoms with E-state index in [1.54, 1.807) is 12.1 Å². The molecule has 2 aliphatic rings. The summed E-state index contributed by atoms with van der Waals surface area (Å²) in [5.41, 5.74) is 5.32. The lowest BCUT2D eigenvalue weighted by atomic mass is 9.94. The maximum absolute atomic E-state index is 13.6. The third kappa shape index (κ3) is 5.73. The Labute approximate surface area is 207 Å². The Bertz CT molecular complexity index is 1100. The third-order valence-electron chi connectivity index (χ3n) is 6.86. The van der Waals surface area contributed by atoms with Gasteiger partial charge in [-0.15, -0.1) is 0 Å². The van der Waals surface area contributed by atoms with Crippen molar-refractivity contribution in [1.82, 2.24) is 9.91 Å². The van der Waals surface area contributed by atoms with Crippen LogP contribution in [-0.4, -0.2) is 60.8 Å². The monoisotopic (exact) mass is 477 g/mol. The van der Waals surface area contributed by atoms with Crippen LogP contribution in [0.1, 0.15) is 54.5 Å². The van der Waals surface area contributed by atoms with Crippen LogP contribution < -0.4 is 4.74 Å². The number of carbonyl (C=O) groups is 2. The number of methoxy groups -OCH3 is 1. The molecule has 0 bridgehead atoms. The molecule has 0 saturated carbocycles. The minimum absolute atomic E-state index is 0.0528. The maximum atomic E-state index is 13.6. The second kappa shape index (κ2) is 11.0. The molecule has 4 rings (SSSR count). The van der Waals surface area contributed by atoms with Crippen molar-refractivity contribution in [2.75, 3.05) is 33.4 Å². The summed E-state index contributed by atoms with van der Waals surface area (Å²) in [7, 11) is 1.64. The molecule has 2 aromatic rings. The Morgan fingerprint density at radius 1 is 1.11 bits per heavy atom. The third-order valence-corrected chi connectivity index (χ3v) is 6.86. The van der Waals surface area contributed by atoms with Gasteiger partial charge in [0.15, 0.2) is 0 Å². The topological polar surface area (TPSA) is 71.4 Å². The lowest BCUT2D eigenvalue weighted by Gasteiger charge is -2.32. The van der Waals surface area contributed by atoms with Gasteiger partial charge in [-0.1, -0.05) is 23.8 Å². The van der Waals surface area contributed by atoms with Gasteiger partial charge in [-0.25, -0.2) is 5.01 Å². The van der Waals surface area contributed by atoms with Gasteiger partial charge in [-0.05, 0) is 81.1 Å². The molecule has 35 heavy (non-hydrogen) atoms. The van der Waals surface area contributed by atoms with E-state index in [0.717, 1.165) is 47.5 Å².